The minimum absolute atomic E-state index is 0.642. The van der Waals surface area contributed by atoms with E-state index in [2.05, 4.69) is 187 Å². The smallest absolute Gasteiger partial charge is 0.227 e. The molecule has 0 aliphatic carbocycles. The van der Waals surface area contributed by atoms with Gasteiger partial charge in [0.1, 0.15) is 5.52 Å². The average molecular weight is 717 g/mol. The molecule has 0 atom stereocenters. The molecule has 0 radical (unpaired) electrons. The van der Waals surface area contributed by atoms with Crippen molar-refractivity contribution in [3.05, 3.63) is 218 Å². The summed E-state index contributed by atoms with van der Waals surface area (Å²) in [6.07, 6.45) is 0. The molecule has 0 bridgehead atoms. The Morgan fingerprint density at radius 3 is 1.43 bits per heavy atom. The van der Waals surface area contributed by atoms with Gasteiger partial charge in [0.25, 0.3) is 0 Å². The quantitative estimate of drug-likeness (QED) is 0.157. The van der Waals surface area contributed by atoms with E-state index < -0.39 is 0 Å². The van der Waals surface area contributed by atoms with Gasteiger partial charge in [-0.25, -0.2) is 4.98 Å². The maximum Gasteiger partial charge on any atom is 0.227 e. The van der Waals surface area contributed by atoms with E-state index in [9.17, 15) is 0 Å². The van der Waals surface area contributed by atoms with E-state index in [4.69, 9.17) is 9.40 Å². The molecule has 3 heteroatoms. The van der Waals surface area contributed by atoms with Gasteiger partial charge in [-0.15, -0.1) is 0 Å². The zero-order valence-electron chi connectivity index (χ0n) is 30.6. The third-order valence-corrected chi connectivity index (χ3v) is 10.5. The Balaban J connectivity index is 0.957. The molecule has 0 saturated carbocycles. The third kappa shape index (κ3) is 6.31. The molecule has 0 unspecified atom stereocenters. The van der Waals surface area contributed by atoms with Gasteiger partial charge in [-0.05, 0) is 105 Å². The van der Waals surface area contributed by atoms with E-state index in [0.29, 0.717) is 5.89 Å². The molecule has 10 rings (SSSR count). The van der Waals surface area contributed by atoms with Crippen LogP contribution in [0.2, 0.25) is 0 Å². The van der Waals surface area contributed by atoms with Gasteiger partial charge in [-0.3, -0.25) is 0 Å². The summed E-state index contributed by atoms with van der Waals surface area (Å²) in [6.45, 7) is 0. The van der Waals surface area contributed by atoms with Crippen LogP contribution in [-0.2, 0) is 0 Å². The van der Waals surface area contributed by atoms with Crippen molar-refractivity contribution >= 4 is 38.9 Å². The summed E-state index contributed by atoms with van der Waals surface area (Å²) in [6, 6.07) is 77.2. The van der Waals surface area contributed by atoms with Crippen molar-refractivity contribution in [1.29, 1.82) is 0 Å². The van der Waals surface area contributed by atoms with E-state index in [-0.39, 0.29) is 0 Å². The Morgan fingerprint density at radius 2 is 0.821 bits per heavy atom. The number of anilines is 3. The molecule has 0 N–H and O–H groups in total. The highest BCUT2D eigenvalue weighted by molar-refractivity contribution is 6.05. The zero-order chi connectivity index (χ0) is 37.3. The summed E-state index contributed by atoms with van der Waals surface area (Å²) < 4.78 is 6.28. The number of hydrogen-bond donors (Lipinski definition) is 0. The first-order valence-corrected chi connectivity index (χ1v) is 18.9. The highest BCUT2D eigenvalue weighted by atomic mass is 16.3. The van der Waals surface area contributed by atoms with Crippen LogP contribution in [0.25, 0.3) is 77.8 Å². The number of nitrogens with zero attached hydrogens (tertiary/aromatic N) is 2. The molecule has 1 heterocycles. The summed E-state index contributed by atoms with van der Waals surface area (Å²) in [7, 11) is 0. The van der Waals surface area contributed by atoms with Crippen molar-refractivity contribution in [2.45, 2.75) is 0 Å². The van der Waals surface area contributed by atoms with Crippen molar-refractivity contribution in [2.75, 3.05) is 4.90 Å². The van der Waals surface area contributed by atoms with E-state index >= 15 is 0 Å². The minimum atomic E-state index is 0.642. The van der Waals surface area contributed by atoms with E-state index in [1.165, 1.54) is 27.8 Å². The number of benzene rings is 9. The monoisotopic (exact) mass is 716 g/mol. The van der Waals surface area contributed by atoms with Gasteiger partial charge < -0.3 is 9.32 Å². The standard InChI is InChI=1S/C53H36N2O/c1-4-12-37(13-5-1)39-24-30-46(31-25-39)55(51-19-11-10-18-48(51)42-14-6-2-7-15-42)47-32-26-40(27-33-47)38-20-22-41(23-21-38)44-28-34-49-45(36-44)29-35-50-52(49)56-53(54-50)43-16-8-3-9-17-43/h1-36H. The number of hydrogen-bond acceptors (Lipinski definition) is 3. The number of para-hydroxylation sites is 1. The van der Waals surface area contributed by atoms with Gasteiger partial charge in [0.15, 0.2) is 5.58 Å². The maximum atomic E-state index is 6.28. The zero-order valence-corrected chi connectivity index (χ0v) is 30.6. The highest BCUT2D eigenvalue weighted by Gasteiger charge is 2.18. The number of rotatable bonds is 8. The van der Waals surface area contributed by atoms with Gasteiger partial charge in [0, 0.05) is 27.9 Å². The summed E-state index contributed by atoms with van der Waals surface area (Å²) in [5, 5.41) is 2.18. The molecular formula is C53H36N2O. The minimum Gasteiger partial charge on any atom is -0.435 e. The molecule has 0 aliphatic heterocycles. The van der Waals surface area contributed by atoms with Crippen LogP contribution in [0.1, 0.15) is 0 Å². The van der Waals surface area contributed by atoms with Crippen molar-refractivity contribution in [2.24, 2.45) is 0 Å². The molecule has 0 fully saturated rings. The second-order valence-corrected chi connectivity index (χ2v) is 14.0. The summed E-state index contributed by atoms with van der Waals surface area (Å²) in [4.78, 5) is 7.12. The number of oxazole rings is 1. The lowest BCUT2D eigenvalue weighted by molar-refractivity contribution is 0.623. The Labute approximate surface area is 326 Å². The maximum absolute atomic E-state index is 6.28. The molecule has 0 amide bonds. The SMILES string of the molecule is c1ccc(-c2ccc(N(c3ccc(-c4ccc(-c5ccc6c(ccc7nc(-c8ccccc8)oc76)c5)cc4)cc3)c3ccccc3-c3ccccc3)cc2)cc1. The Hall–Kier alpha value is -7.49. The van der Waals surface area contributed by atoms with Crippen LogP contribution in [0.4, 0.5) is 17.1 Å². The number of aromatic nitrogens is 1. The van der Waals surface area contributed by atoms with Crippen molar-refractivity contribution in [3.8, 4) is 56.0 Å². The van der Waals surface area contributed by atoms with Crippen LogP contribution >= 0.6 is 0 Å². The van der Waals surface area contributed by atoms with Crippen LogP contribution < -0.4 is 4.90 Å². The van der Waals surface area contributed by atoms with Crippen LogP contribution in [-0.4, -0.2) is 4.98 Å². The lowest BCUT2D eigenvalue weighted by Gasteiger charge is -2.28. The summed E-state index contributed by atoms with van der Waals surface area (Å²) >= 11 is 0. The van der Waals surface area contributed by atoms with Crippen molar-refractivity contribution < 1.29 is 4.42 Å². The Kier molecular flexibility index (Phi) is 8.51. The second-order valence-electron chi connectivity index (χ2n) is 14.0. The van der Waals surface area contributed by atoms with E-state index in [0.717, 1.165) is 61.2 Å². The molecule has 1 aromatic heterocycles. The van der Waals surface area contributed by atoms with Crippen LogP contribution in [0.15, 0.2) is 223 Å². The average Bonchev–Trinajstić information content (AvgIpc) is 3.73. The lowest BCUT2D eigenvalue weighted by Crippen LogP contribution is -2.11. The van der Waals surface area contributed by atoms with Crippen LogP contribution in [0, 0.1) is 0 Å². The largest absolute Gasteiger partial charge is 0.435 e. The Bertz CT molecular complexity index is 2920. The normalized spacial score (nSPS) is 11.2. The topological polar surface area (TPSA) is 29.3 Å². The molecule has 56 heavy (non-hydrogen) atoms. The van der Waals surface area contributed by atoms with E-state index in [1.807, 2.05) is 36.4 Å². The fourth-order valence-electron chi connectivity index (χ4n) is 7.65. The molecular weight excluding hydrogens is 681 g/mol. The van der Waals surface area contributed by atoms with Gasteiger partial charge in [0.2, 0.25) is 5.89 Å². The fraction of sp³-hybridized carbons (Fsp3) is 0. The molecule has 10 aromatic rings. The third-order valence-electron chi connectivity index (χ3n) is 10.5. The van der Waals surface area contributed by atoms with Gasteiger partial charge in [0.05, 0.1) is 5.69 Å². The summed E-state index contributed by atoms with van der Waals surface area (Å²) in [5.74, 6) is 0.642. The van der Waals surface area contributed by atoms with Gasteiger partial charge >= 0.3 is 0 Å². The van der Waals surface area contributed by atoms with Gasteiger partial charge in [-0.2, -0.15) is 0 Å². The lowest BCUT2D eigenvalue weighted by atomic mass is 9.97. The second kappa shape index (κ2) is 14.4. The van der Waals surface area contributed by atoms with Crippen molar-refractivity contribution in [3.63, 3.8) is 0 Å². The molecule has 0 spiro atoms. The predicted molar refractivity (Wildman–Crippen MR) is 233 cm³/mol. The molecule has 9 aromatic carbocycles. The first-order valence-electron chi connectivity index (χ1n) is 18.9. The first-order chi connectivity index (χ1) is 27.7. The molecule has 0 saturated heterocycles. The molecule has 264 valence electrons. The van der Waals surface area contributed by atoms with Crippen molar-refractivity contribution in [1.82, 2.24) is 4.98 Å². The Morgan fingerprint density at radius 1 is 0.357 bits per heavy atom. The van der Waals surface area contributed by atoms with Crippen LogP contribution in [0.5, 0.6) is 0 Å². The predicted octanol–water partition coefficient (Wildman–Crippen LogP) is 14.8. The summed E-state index contributed by atoms with van der Waals surface area (Å²) in [5.41, 5.74) is 15.4. The molecule has 3 nitrogen and oxygen atoms in total. The van der Waals surface area contributed by atoms with Crippen LogP contribution in [0.3, 0.4) is 0 Å². The highest BCUT2D eigenvalue weighted by Crippen LogP contribution is 2.42. The fourth-order valence-corrected chi connectivity index (χ4v) is 7.65. The number of fused-ring (bicyclic) bond motifs is 3. The van der Waals surface area contributed by atoms with Gasteiger partial charge in [-0.1, -0.05) is 158 Å². The van der Waals surface area contributed by atoms with E-state index in [1.54, 1.807) is 0 Å². The first kappa shape index (κ1) is 33.1. The molecule has 0 aliphatic rings.